The average Bonchev–Trinajstić information content (AvgIpc) is 2.47. The third kappa shape index (κ3) is 3.83. The molecule has 0 saturated heterocycles. The molecule has 0 radical (unpaired) electrons. The first-order valence-corrected chi connectivity index (χ1v) is 5.65. The van der Waals surface area contributed by atoms with E-state index >= 15 is 0 Å². The first-order valence-electron chi connectivity index (χ1n) is 5.65. The van der Waals surface area contributed by atoms with E-state index in [2.05, 4.69) is 10.9 Å². The molecule has 0 heterocycles. The number of para-hydroxylation sites is 1. The van der Waals surface area contributed by atoms with Crippen molar-refractivity contribution in [3.8, 4) is 18.1 Å². The molecule has 0 fully saturated rings. The Kier molecular flexibility index (Phi) is 4.09. The molecular weight excluding hydrogens is 238 g/mol. The van der Waals surface area contributed by atoms with Crippen LogP contribution in [0.4, 0.5) is 5.69 Å². The molecule has 0 aliphatic carbocycles. The van der Waals surface area contributed by atoms with E-state index in [-0.39, 0.29) is 0 Å². The molecule has 92 valence electrons. The van der Waals surface area contributed by atoms with E-state index < -0.39 is 5.97 Å². The van der Waals surface area contributed by atoms with Crippen molar-refractivity contribution in [2.24, 2.45) is 4.99 Å². The number of hydrogen-bond donors (Lipinski definition) is 0. The summed E-state index contributed by atoms with van der Waals surface area (Å²) in [5.41, 5.74) is 1.41. The van der Waals surface area contributed by atoms with Gasteiger partial charge < -0.3 is 4.74 Å². The number of carbonyl (C=O) groups is 1. The minimum atomic E-state index is -0.521. The Balaban J connectivity index is 1.98. The van der Waals surface area contributed by atoms with Crippen molar-refractivity contribution in [1.82, 2.24) is 0 Å². The highest BCUT2D eigenvalue weighted by Crippen LogP contribution is 2.12. The van der Waals surface area contributed by atoms with Gasteiger partial charge in [0, 0.05) is 5.56 Å². The molecule has 0 aliphatic heterocycles. The second-order valence-corrected chi connectivity index (χ2v) is 3.68. The molecule has 0 amide bonds. The van der Waals surface area contributed by atoms with Crippen LogP contribution in [0.1, 0.15) is 5.56 Å². The van der Waals surface area contributed by atoms with Crippen molar-refractivity contribution in [3.63, 3.8) is 0 Å². The van der Waals surface area contributed by atoms with E-state index in [4.69, 9.17) is 11.2 Å². The number of carbonyl (C=O) groups excluding carboxylic acids is 1. The van der Waals surface area contributed by atoms with E-state index in [0.29, 0.717) is 11.4 Å². The summed E-state index contributed by atoms with van der Waals surface area (Å²) < 4.78 is 5.06. The van der Waals surface area contributed by atoms with Gasteiger partial charge in [-0.15, -0.1) is 6.42 Å². The second-order valence-electron chi connectivity index (χ2n) is 3.68. The van der Waals surface area contributed by atoms with E-state index in [1.807, 2.05) is 6.07 Å². The van der Waals surface area contributed by atoms with Gasteiger partial charge in [-0.05, 0) is 36.4 Å². The first-order chi connectivity index (χ1) is 9.28. The molecule has 0 unspecified atom stereocenters. The molecule has 0 atom stereocenters. The fourth-order valence-electron chi connectivity index (χ4n) is 1.40. The summed E-state index contributed by atoms with van der Waals surface area (Å²) >= 11 is 0. The Hall–Kier alpha value is -2.86. The molecule has 2 aromatic carbocycles. The number of terminal acetylenes is 1. The van der Waals surface area contributed by atoms with Crippen molar-refractivity contribution >= 4 is 17.9 Å². The Morgan fingerprint density at radius 3 is 2.42 bits per heavy atom. The summed E-state index contributed by atoms with van der Waals surface area (Å²) in [5, 5.41) is 0. The van der Waals surface area contributed by atoms with Crippen LogP contribution >= 0.6 is 0 Å². The molecule has 0 spiro atoms. The van der Waals surface area contributed by atoms with Crippen LogP contribution in [0.5, 0.6) is 5.75 Å². The normalized spacial score (nSPS) is 10.1. The highest BCUT2D eigenvalue weighted by molar-refractivity contribution is 6.24. The smallest absolute Gasteiger partial charge is 0.354 e. The predicted molar refractivity (Wildman–Crippen MR) is 74.6 cm³/mol. The van der Waals surface area contributed by atoms with Crippen molar-refractivity contribution in [2.45, 2.75) is 0 Å². The lowest BCUT2D eigenvalue weighted by Crippen LogP contribution is -2.08. The van der Waals surface area contributed by atoms with Gasteiger partial charge in [-0.25, -0.2) is 9.79 Å². The van der Waals surface area contributed by atoms with Crippen LogP contribution in [-0.2, 0) is 4.79 Å². The fraction of sp³-hybridized carbons (Fsp3) is 0. The third-order valence-corrected chi connectivity index (χ3v) is 2.31. The molecule has 2 rings (SSSR count). The van der Waals surface area contributed by atoms with Crippen LogP contribution in [-0.4, -0.2) is 12.2 Å². The van der Waals surface area contributed by atoms with Gasteiger partial charge in [0.15, 0.2) is 0 Å². The largest absolute Gasteiger partial charge is 0.422 e. The summed E-state index contributed by atoms with van der Waals surface area (Å²) in [6.45, 7) is 0. The Labute approximate surface area is 111 Å². The maximum absolute atomic E-state index is 11.5. The highest BCUT2D eigenvalue weighted by Gasteiger charge is 1.99. The maximum atomic E-state index is 11.5. The number of ether oxygens (including phenoxy) is 1. The summed E-state index contributed by atoms with van der Waals surface area (Å²) in [7, 11) is 0. The molecule has 0 N–H and O–H groups in total. The zero-order chi connectivity index (χ0) is 13.5. The number of rotatable bonds is 3. The van der Waals surface area contributed by atoms with Crippen molar-refractivity contribution in [2.75, 3.05) is 0 Å². The number of benzene rings is 2. The molecule has 19 heavy (non-hydrogen) atoms. The topological polar surface area (TPSA) is 38.7 Å². The van der Waals surface area contributed by atoms with E-state index in [0.717, 1.165) is 11.8 Å². The lowest BCUT2D eigenvalue weighted by atomic mass is 10.2. The lowest BCUT2D eigenvalue weighted by molar-refractivity contribution is -0.126. The third-order valence-electron chi connectivity index (χ3n) is 2.31. The zero-order valence-corrected chi connectivity index (χ0v) is 10.1. The van der Waals surface area contributed by atoms with Gasteiger partial charge in [0.25, 0.3) is 0 Å². The lowest BCUT2D eigenvalue weighted by Gasteiger charge is -1.99. The molecule has 3 nitrogen and oxygen atoms in total. The van der Waals surface area contributed by atoms with Crippen molar-refractivity contribution < 1.29 is 9.53 Å². The van der Waals surface area contributed by atoms with Crippen LogP contribution in [0.2, 0.25) is 0 Å². The van der Waals surface area contributed by atoms with Gasteiger partial charge in [-0.3, -0.25) is 0 Å². The van der Waals surface area contributed by atoms with E-state index in [9.17, 15) is 4.79 Å². The van der Waals surface area contributed by atoms with Gasteiger partial charge >= 0.3 is 5.97 Å². The SMILES string of the molecule is C#Cc1ccc(N=CC(=O)Oc2ccccc2)cc1. The Bertz CT molecular complexity index is 622. The van der Waals surface area contributed by atoms with E-state index in [1.165, 1.54) is 0 Å². The number of nitrogens with zero attached hydrogens (tertiary/aromatic N) is 1. The Morgan fingerprint density at radius 1 is 1.11 bits per heavy atom. The zero-order valence-electron chi connectivity index (χ0n) is 10.1. The first kappa shape index (κ1) is 12.6. The van der Waals surface area contributed by atoms with Crippen molar-refractivity contribution in [1.29, 1.82) is 0 Å². The molecule has 0 aromatic heterocycles. The minimum Gasteiger partial charge on any atom is -0.422 e. The molecule has 0 bridgehead atoms. The highest BCUT2D eigenvalue weighted by atomic mass is 16.5. The van der Waals surface area contributed by atoms with Gasteiger partial charge in [-0.1, -0.05) is 24.1 Å². The van der Waals surface area contributed by atoms with Gasteiger partial charge in [0.2, 0.25) is 0 Å². The van der Waals surface area contributed by atoms with Crippen LogP contribution < -0.4 is 4.74 Å². The number of aliphatic imine (C=N–C) groups is 1. The van der Waals surface area contributed by atoms with Crippen LogP contribution in [0, 0.1) is 12.3 Å². The maximum Gasteiger partial charge on any atom is 0.354 e. The minimum absolute atomic E-state index is 0.488. The standard InChI is InChI=1S/C16H11NO2/c1-2-13-8-10-14(11-9-13)17-12-16(18)19-15-6-4-3-5-7-15/h1,3-12H. The number of hydrogen-bond acceptors (Lipinski definition) is 3. The number of esters is 1. The predicted octanol–water partition coefficient (Wildman–Crippen LogP) is 2.98. The molecular formula is C16H11NO2. The summed E-state index contributed by atoms with van der Waals surface area (Å²) in [6, 6.07) is 15.8. The molecule has 3 heteroatoms. The summed E-state index contributed by atoms with van der Waals surface area (Å²) in [4.78, 5) is 15.5. The summed E-state index contributed by atoms with van der Waals surface area (Å²) in [6.07, 6.45) is 6.38. The average molecular weight is 249 g/mol. The van der Waals surface area contributed by atoms with Crippen molar-refractivity contribution in [3.05, 3.63) is 60.2 Å². The van der Waals surface area contributed by atoms with Crippen LogP contribution in [0.25, 0.3) is 0 Å². The fourth-order valence-corrected chi connectivity index (χ4v) is 1.40. The molecule has 0 saturated carbocycles. The van der Waals surface area contributed by atoms with E-state index in [1.54, 1.807) is 48.5 Å². The second kappa shape index (κ2) is 6.18. The Morgan fingerprint density at radius 2 is 1.79 bits per heavy atom. The molecule has 2 aromatic rings. The van der Waals surface area contributed by atoms with Crippen LogP contribution in [0.3, 0.4) is 0 Å². The van der Waals surface area contributed by atoms with Gasteiger partial charge in [-0.2, -0.15) is 0 Å². The van der Waals surface area contributed by atoms with Gasteiger partial charge in [0.05, 0.1) is 5.69 Å². The summed E-state index contributed by atoms with van der Waals surface area (Å²) in [5.74, 6) is 2.47. The van der Waals surface area contributed by atoms with Gasteiger partial charge in [0.1, 0.15) is 12.0 Å². The monoisotopic (exact) mass is 249 g/mol. The quantitative estimate of drug-likeness (QED) is 0.363. The van der Waals surface area contributed by atoms with Crippen LogP contribution in [0.15, 0.2) is 59.6 Å². The molecule has 0 aliphatic rings.